The molecule has 1 atom stereocenters. The average molecular weight is 259 g/mol. The lowest BCUT2D eigenvalue weighted by Gasteiger charge is -2.23. The molecule has 1 aromatic carbocycles. The van der Waals surface area contributed by atoms with Crippen molar-refractivity contribution in [2.45, 2.75) is 18.5 Å². The molecule has 0 aliphatic heterocycles. The van der Waals surface area contributed by atoms with Crippen molar-refractivity contribution in [2.75, 3.05) is 5.73 Å². The summed E-state index contributed by atoms with van der Waals surface area (Å²) < 4.78 is 76.9. The summed E-state index contributed by atoms with van der Waals surface area (Å²) in [5.41, 5.74) is 5.26. The number of nitrogen functional groups attached to an aromatic ring is 1. The summed E-state index contributed by atoms with van der Waals surface area (Å²) in [6, 6.07) is 4.50. The van der Waals surface area contributed by atoms with Crippen LogP contribution < -0.4 is 10.5 Å². The monoisotopic (exact) mass is 259 g/mol. The van der Waals surface area contributed by atoms with E-state index in [0.717, 1.165) is 12.1 Å². The molecule has 1 unspecified atom stereocenters. The first-order valence-corrected chi connectivity index (χ1v) is 4.25. The van der Waals surface area contributed by atoms with Crippen LogP contribution in [0, 0.1) is 0 Å². The van der Waals surface area contributed by atoms with Crippen molar-refractivity contribution in [3.63, 3.8) is 0 Å². The number of ether oxygens (including phenoxy) is 1. The summed E-state index contributed by atoms with van der Waals surface area (Å²) in [6.45, 7) is 0. The number of anilines is 1. The fourth-order valence-electron chi connectivity index (χ4n) is 0.910. The van der Waals surface area contributed by atoms with Crippen molar-refractivity contribution in [3.05, 3.63) is 24.3 Å². The molecule has 0 amide bonds. The minimum Gasteiger partial charge on any atom is -0.454 e. The average Bonchev–Trinajstić information content (AvgIpc) is 2.15. The Balaban J connectivity index is 2.83. The van der Waals surface area contributed by atoms with E-state index in [4.69, 9.17) is 5.73 Å². The Kier molecular flexibility index (Phi) is 3.44. The fourth-order valence-corrected chi connectivity index (χ4v) is 0.910. The number of hydrogen-bond acceptors (Lipinski definition) is 2. The Morgan fingerprint density at radius 2 is 1.71 bits per heavy atom. The van der Waals surface area contributed by atoms with Gasteiger partial charge in [0.05, 0.1) is 0 Å². The van der Waals surface area contributed by atoms with E-state index in [1.54, 1.807) is 0 Å². The molecule has 96 valence electrons. The number of benzene rings is 1. The molecule has 0 bridgehead atoms. The topological polar surface area (TPSA) is 35.2 Å². The first-order valence-electron chi connectivity index (χ1n) is 4.25. The highest BCUT2D eigenvalue weighted by atomic mass is 19.4. The van der Waals surface area contributed by atoms with E-state index in [2.05, 4.69) is 4.74 Å². The zero-order valence-electron chi connectivity index (χ0n) is 8.14. The minimum absolute atomic E-state index is 0.0463. The highest BCUT2D eigenvalue weighted by molar-refractivity contribution is 5.43. The fraction of sp³-hybridized carbons (Fsp3) is 0.333. The Bertz CT molecular complexity index is 391. The molecule has 2 nitrogen and oxygen atoms in total. The maximum absolute atomic E-state index is 12.8. The zero-order valence-corrected chi connectivity index (χ0v) is 8.14. The largest absolute Gasteiger partial charge is 0.460 e. The van der Waals surface area contributed by atoms with E-state index < -0.39 is 24.2 Å². The molecule has 2 N–H and O–H groups in total. The lowest BCUT2D eigenvalue weighted by molar-refractivity contribution is -0.328. The van der Waals surface area contributed by atoms with E-state index in [-0.39, 0.29) is 5.69 Å². The van der Waals surface area contributed by atoms with Gasteiger partial charge in [0, 0.05) is 11.8 Å². The van der Waals surface area contributed by atoms with Gasteiger partial charge in [0.2, 0.25) is 0 Å². The summed E-state index contributed by atoms with van der Waals surface area (Å²) >= 11 is 0. The van der Waals surface area contributed by atoms with Gasteiger partial charge in [0.1, 0.15) is 5.75 Å². The summed E-state index contributed by atoms with van der Waals surface area (Å²) in [5, 5.41) is 0. The SMILES string of the molecule is Nc1cccc(OC(F)C(F)(F)C(F)(F)F)c1. The van der Waals surface area contributed by atoms with Crippen LogP contribution in [0.4, 0.5) is 32.0 Å². The number of hydrogen-bond donors (Lipinski definition) is 1. The Hall–Kier alpha value is -1.60. The predicted octanol–water partition coefficient (Wildman–Crippen LogP) is 3.14. The van der Waals surface area contributed by atoms with Gasteiger partial charge >= 0.3 is 18.5 Å². The van der Waals surface area contributed by atoms with Crippen molar-refractivity contribution in [3.8, 4) is 5.75 Å². The van der Waals surface area contributed by atoms with E-state index in [1.165, 1.54) is 12.1 Å². The second-order valence-electron chi connectivity index (χ2n) is 3.13. The lowest BCUT2D eigenvalue weighted by Crippen LogP contribution is -2.47. The van der Waals surface area contributed by atoms with Crippen LogP contribution in [-0.2, 0) is 0 Å². The quantitative estimate of drug-likeness (QED) is 0.668. The van der Waals surface area contributed by atoms with Gasteiger partial charge in [-0.3, -0.25) is 0 Å². The van der Waals surface area contributed by atoms with Crippen LogP contribution in [0.25, 0.3) is 0 Å². The van der Waals surface area contributed by atoms with Crippen LogP contribution >= 0.6 is 0 Å². The second kappa shape index (κ2) is 4.34. The van der Waals surface area contributed by atoms with Crippen molar-refractivity contribution in [1.29, 1.82) is 0 Å². The van der Waals surface area contributed by atoms with Gasteiger partial charge < -0.3 is 10.5 Å². The minimum atomic E-state index is -6.02. The van der Waals surface area contributed by atoms with Crippen LogP contribution in [0.2, 0.25) is 0 Å². The Morgan fingerprint density at radius 3 is 2.18 bits per heavy atom. The van der Waals surface area contributed by atoms with Gasteiger partial charge in [0.25, 0.3) is 0 Å². The molecular formula is C9H7F6NO. The Labute approximate surface area is 92.0 Å². The summed E-state index contributed by atoms with van der Waals surface area (Å²) in [5.74, 6) is -6.10. The molecule has 8 heteroatoms. The molecule has 0 aliphatic rings. The zero-order chi connectivity index (χ0) is 13.3. The van der Waals surface area contributed by atoms with Crippen molar-refractivity contribution in [2.24, 2.45) is 0 Å². The lowest BCUT2D eigenvalue weighted by atomic mass is 10.3. The van der Waals surface area contributed by atoms with Crippen LogP contribution in [0.5, 0.6) is 5.75 Å². The maximum atomic E-state index is 12.8. The third-order valence-electron chi connectivity index (χ3n) is 1.76. The summed E-state index contributed by atoms with van der Waals surface area (Å²) in [4.78, 5) is 0. The third-order valence-corrected chi connectivity index (χ3v) is 1.76. The van der Waals surface area contributed by atoms with Gasteiger partial charge in [0.15, 0.2) is 0 Å². The molecule has 0 saturated heterocycles. The number of nitrogens with two attached hydrogens (primary N) is 1. The molecular weight excluding hydrogens is 252 g/mol. The first-order chi connectivity index (χ1) is 7.64. The van der Waals surface area contributed by atoms with E-state index in [1.807, 2.05) is 0 Å². The molecule has 17 heavy (non-hydrogen) atoms. The molecule has 0 radical (unpaired) electrons. The van der Waals surface area contributed by atoms with Gasteiger partial charge in [-0.2, -0.15) is 26.3 Å². The van der Waals surface area contributed by atoms with Crippen molar-refractivity contribution in [1.82, 2.24) is 0 Å². The highest BCUT2D eigenvalue weighted by Crippen LogP contribution is 2.40. The third kappa shape index (κ3) is 2.95. The second-order valence-corrected chi connectivity index (χ2v) is 3.13. The summed E-state index contributed by atoms with van der Waals surface area (Å²) in [6.07, 6.45) is -9.85. The molecule has 0 aliphatic carbocycles. The van der Waals surface area contributed by atoms with Crippen LogP contribution in [-0.4, -0.2) is 18.5 Å². The standard InChI is InChI=1S/C9H7F6NO/c10-7(8(11,12)9(13,14)15)17-6-3-1-2-5(16)4-6/h1-4,7H,16H2. The number of halogens is 6. The number of rotatable bonds is 3. The molecule has 0 spiro atoms. The van der Waals surface area contributed by atoms with Crippen LogP contribution in [0.3, 0.4) is 0 Å². The van der Waals surface area contributed by atoms with E-state index >= 15 is 0 Å². The maximum Gasteiger partial charge on any atom is 0.460 e. The molecule has 0 heterocycles. The predicted molar refractivity (Wildman–Crippen MR) is 47.4 cm³/mol. The van der Waals surface area contributed by atoms with Gasteiger partial charge in [-0.25, -0.2) is 0 Å². The Morgan fingerprint density at radius 1 is 1.12 bits per heavy atom. The highest BCUT2D eigenvalue weighted by Gasteiger charge is 2.65. The van der Waals surface area contributed by atoms with Gasteiger partial charge in [-0.15, -0.1) is 0 Å². The molecule has 1 aromatic rings. The first kappa shape index (κ1) is 13.5. The number of alkyl halides is 6. The van der Waals surface area contributed by atoms with E-state index in [0.29, 0.717) is 0 Å². The molecule has 0 saturated carbocycles. The van der Waals surface area contributed by atoms with Gasteiger partial charge in [-0.05, 0) is 12.1 Å². The van der Waals surface area contributed by atoms with Crippen LogP contribution in [0.1, 0.15) is 0 Å². The normalized spacial score (nSPS) is 14.5. The van der Waals surface area contributed by atoms with Gasteiger partial charge in [-0.1, -0.05) is 6.07 Å². The molecule has 0 fully saturated rings. The van der Waals surface area contributed by atoms with E-state index in [9.17, 15) is 26.3 Å². The van der Waals surface area contributed by atoms with Crippen molar-refractivity contribution >= 4 is 5.69 Å². The van der Waals surface area contributed by atoms with Crippen LogP contribution in [0.15, 0.2) is 24.3 Å². The smallest absolute Gasteiger partial charge is 0.454 e. The van der Waals surface area contributed by atoms with Crippen molar-refractivity contribution < 1.29 is 31.1 Å². The summed E-state index contributed by atoms with van der Waals surface area (Å²) in [7, 11) is 0. The molecule has 0 aromatic heterocycles. The molecule has 1 rings (SSSR count).